The highest BCUT2D eigenvalue weighted by Gasteiger charge is 2.31. The first-order valence-corrected chi connectivity index (χ1v) is 8.85. The van der Waals surface area contributed by atoms with Gasteiger partial charge in [0.15, 0.2) is 0 Å². The van der Waals surface area contributed by atoms with E-state index in [1.54, 1.807) is 18.2 Å². The molecule has 2 aliphatic rings. The number of hydrogen-bond acceptors (Lipinski definition) is 5. The lowest BCUT2D eigenvalue weighted by Gasteiger charge is -2.32. The van der Waals surface area contributed by atoms with Crippen LogP contribution in [0.4, 0.5) is 5.69 Å². The fraction of sp³-hybridized carbons (Fsp3) is 0.238. The fourth-order valence-electron chi connectivity index (χ4n) is 3.52. The average molecular weight is 364 g/mol. The van der Waals surface area contributed by atoms with Gasteiger partial charge in [0.25, 0.3) is 5.91 Å². The number of morpholine rings is 1. The number of esters is 1. The van der Waals surface area contributed by atoms with Crippen LogP contribution in [0.25, 0.3) is 11.3 Å². The zero-order valence-corrected chi connectivity index (χ0v) is 15.0. The number of methoxy groups -OCH3 is 1. The number of amides is 1. The Bertz CT molecular complexity index is 915. The van der Waals surface area contributed by atoms with Crippen LogP contribution in [0.3, 0.4) is 0 Å². The molecule has 0 spiro atoms. The molecule has 4 rings (SSSR count). The molecule has 1 N–H and O–H groups in total. The first-order chi connectivity index (χ1) is 13.2. The first kappa shape index (κ1) is 17.3. The van der Waals surface area contributed by atoms with Gasteiger partial charge in [-0.1, -0.05) is 30.3 Å². The van der Waals surface area contributed by atoms with Crippen LogP contribution in [-0.4, -0.2) is 50.2 Å². The van der Waals surface area contributed by atoms with E-state index >= 15 is 0 Å². The number of nitrogens with one attached hydrogen (secondary N) is 1. The van der Waals surface area contributed by atoms with Gasteiger partial charge in [0.1, 0.15) is 0 Å². The summed E-state index contributed by atoms with van der Waals surface area (Å²) in [6, 6.07) is 15.0. The molecular weight excluding hydrogens is 344 g/mol. The van der Waals surface area contributed by atoms with E-state index in [1.807, 2.05) is 30.3 Å². The molecule has 2 aromatic rings. The van der Waals surface area contributed by atoms with Crippen LogP contribution in [0.15, 0.2) is 48.5 Å². The molecule has 6 heteroatoms. The Hall–Kier alpha value is -3.12. The van der Waals surface area contributed by atoms with Crippen LogP contribution in [0.2, 0.25) is 0 Å². The van der Waals surface area contributed by atoms with Crippen molar-refractivity contribution < 1.29 is 19.1 Å². The van der Waals surface area contributed by atoms with Crippen LogP contribution in [-0.2, 0) is 14.3 Å². The first-order valence-electron chi connectivity index (χ1n) is 8.85. The minimum absolute atomic E-state index is 0.169. The molecule has 6 nitrogen and oxygen atoms in total. The maximum atomic E-state index is 12.9. The van der Waals surface area contributed by atoms with Gasteiger partial charge in [-0.25, -0.2) is 4.79 Å². The lowest BCUT2D eigenvalue weighted by atomic mass is 9.97. The summed E-state index contributed by atoms with van der Waals surface area (Å²) < 4.78 is 10.3. The summed E-state index contributed by atoms with van der Waals surface area (Å²) in [5.74, 6) is -0.596. The smallest absolute Gasteiger partial charge is 0.337 e. The van der Waals surface area contributed by atoms with E-state index in [-0.39, 0.29) is 5.91 Å². The van der Waals surface area contributed by atoms with Gasteiger partial charge in [-0.15, -0.1) is 0 Å². The number of anilines is 1. The third-order valence-electron chi connectivity index (χ3n) is 4.80. The Labute approximate surface area is 157 Å². The maximum absolute atomic E-state index is 12.9. The minimum Gasteiger partial charge on any atom is -0.465 e. The summed E-state index contributed by atoms with van der Waals surface area (Å²) >= 11 is 0. The number of hydrogen-bond donors (Lipinski definition) is 1. The van der Waals surface area contributed by atoms with Crippen molar-refractivity contribution in [3.05, 3.63) is 65.2 Å². The van der Waals surface area contributed by atoms with Gasteiger partial charge < -0.3 is 19.7 Å². The van der Waals surface area contributed by atoms with Crippen LogP contribution < -0.4 is 5.32 Å². The van der Waals surface area contributed by atoms with Gasteiger partial charge in [-0.05, 0) is 23.8 Å². The van der Waals surface area contributed by atoms with Crippen LogP contribution in [0, 0.1) is 0 Å². The molecule has 0 saturated carbocycles. The topological polar surface area (TPSA) is 67.9 Å². The third kappa shape index (κ3) is 3.19. The number of rotatable bonds is 3. The molecule has 0 bridgehead atoms. The number of carbonyl (C=O) groups excluding carboxylic acids is 2. The maximum Gasteiger partial charge on any atom is 0.337 e. The predicted octanol–water partition coefficient (Wildman–Crippen LogP) is 2.63. The van der Waals surface area contributed by atoms with Crippen LogP contribution in [0.5, 0.6) is 0 Å². The molecule has 27 heavy (non-hydrogen) atoms. The molecule has 2 heterocycles. The molecular formula is C21H20N2O4. The molecule has 1 saturated heterocycles. The highest BCUT2D eigenvalue weighted by molar-refractivity contribution is 6.36. The van der Waals surface area contributed by atoms with E-state index in [2.05, 4.69) is 10.2 Å². The Morgan fingerprint density at radius 3 is 2.52 bits per heavy atom. The number of carbonyl (C=O) groups is 2. The summed E-state index contributed by atoms with van der Waals surface area (Å²) in [4.78, 5) is 27.0. The molecule has 0 aliphatic carbocycles. The minimum atomic E-state index is -0.427. The van der Waals surface area contributed by atoms with Crippen molar-refractivity contribution >= 4 is 28.8 Å². The monoisotopic (exact) mass is 364 g/mol. The summed E-state index contributed by atoms with van der Waals surface area (Å²) in [5.41, 5.74) is 4.22. The highest BCUT2D eigenvalue weighted by atomic mass is 16.5. The van der Waals surface area contributed by atoms with E-state index in [9.17, 15) is 9.59 Å². The van der Waals surface area contributed by atoms with Gasteiger partial charge in [-0.3, -0.25) is 4.79 Å². The molecule has 0 unspecified atom stereocenters. The SMILES string of the molecule is COC(=O)c1ccc2c(c1)/C(=C(\c1ccccc1)N1CCOCC1)C(=O)N2. The Morgan fingerprint density at radius 1 is 1.07 bits per heavy atom. The normalized spacial score (nSPS) is 18.0. The van der Waals surface area contributed by atoms with Gasteiger partial charge in [0.2, 0.25) is 0 Å². The molecule has 1 fully saturated rings. The molecule has 0 radical (unpaired) electrons. The van der Waals surface area contributed by atoms with Gasteiger partial charge >= 0.3 is 5.97 Å². The van der Waals surface area contributed by atoms with E-state index in [0.717, 1.165) is 11.3 Å². The second kappa shape index (κ2) is 7.25. The lowest BCUT2D eigenvalue weighted by Crippen LogP contribution is -2.35. The van der Waals surface area contributed by atoms with E-state index < -0.39 is 5.97 Å². The molecule has 138 valence electrons. The second-order valence-electron chi connectivity index (χ2n) is 6.40. The fourth-order valence-corrected chi connectivity index (χ4v) is 3.52. The molecule has 0 atom stereocenters. The van der Waals surface area contributed by atoms with Crippen LogP contribution >= 0.6 is 0 Å². The highest BCUT2D eigenvalue weighted by Crippen LogP contribution is 2.39. The Kier molecular flexibility index (Phi) is 4.64. The van der Waals surface area contributed by atoms with E-state index in [4.69, 9.17) is 9.47 Å². The third-order valence-corrected chi connectivity index (χ3v) is 4.80. The average Bonchev–Trinajstić information content (AvgIpc) is 3.04. The molecule has 0 aromatic heterocycles. The van der Waals surface area contributed by atoms with Crippen molar-refractivity contribution in [2.75, 3.05) is 38.7 Å². The standard InChI is InChI=1S/C21H20N2O4/c1-26-21(25)15-7-8-17-16(13-15)18(20(24)22-17)19(14-5-3-2-4-6-14)23-9-11-27-12-10-23/h2-8,13H,9-12H2,1H3,(H,22,24)/b19-18-. The number of fused-ring (bicyclic) bond motifs is 1. The molecule has 2 aromatic carbocycles. The predicted molar refractivity (Wildman–Crippen MR) is 102 cm³/mol. The zero-order chi connectivity index (χ0) is 18.8. The van der Waals surface area contributed by atoms with Crippen molar-refractivity contribution in [3.63, 3.8) is 0 Å². The summed E-state index contributed by atoms with van der Waals surface area (Å²) in [6.07, 6.45) is 0. The van der Waals surface area contributed by atoms with Gasteiger partial charge in [0.05, 0.1) is 37.2 Å². The van der Waals surface area contributed by atoms with E-state index in [0.29, 0.717) is 48.7 Å². The van der Waals surface area contributed by atoms with Crippen molar-refractivity contribution in [1.29, 1.82) is 0 Å². The molecule has 2 aliphatic heterocycles. The van der Waals surface area contributed by atoms with Crippen LogP contribution in [0.1, 0.15) is 21.5 Å². The number of ether oxygens (including phenoxy) is 2. The van der Waals surface area contributed by atoms with Gasteiger partial charge in [0, 0.05) is 24.3 Å². The molecule has 1 amide bonds. The van der Waals surface area contributed by atoms with Crippen molar-refractivity contribution in [1.82, 2.24) is 4.90 Å². The summed E-state index contributed by atoms with van der Waals surface area (Å²) in [5, 5.41) is 2.91. The number of benzene rings is 2. The van der Waals surface area contributed by atoms with Crippen molar-refractivity contribution in [2.24, 2.45) is 0 Å². The van der Waals surface area contributed by atoms with Crippen molar-refractivity contribution in [2.45, 2.75) is 0 Å². The zero-order valence-electron chi connectivity index (χ0n) is 15.0. The quantitative estimate of drug-likeness (QED) is 0.670. The van der Waals surface area contributed by atoms with Crippen molar-refractivity contribution in [3.8, 4) is 0 Å². The number of nitrogens with zero attached hydrogens (tertiary/aromatic N) is 1. The largest absolute Gasteiger partial charge is 0.465 e. The second-order valence-corrected chi connectivity index (χ2v) is 6.40. The van der Waals surface area contributed by atoms with E-state index in [1.165, 1.54) is 7.11 Å². The summed E-state index contributed by atoms with van der Waals surface area (Å²) in [7, 11) is 1.35. The van der Waals surface area contributed by atoms with Gasteiger partial charge in [-0.2, -0.15) is 0 Å². The summed E-state index contributed by atoms with van der Waals surface area (Å²) in [6.45, 7) is 2.63. The lowest BCUT2D eigenvalue weighted by molar-refractivity contribution is -0.110. The Balaban J connectivity index is 1.92. The Morgan fingerprint density at radius 2 is 1.81 bits per heavy atom.